The Morgan fingerprint density at radius 3 is 2.53 bits per heavy atom. The number of fused-ring (bicyclic) bond motifs is 1. The molecule has 0 spiro atoms. The number of piperazine rings is 1. The Balaban J connectivity index is 1.44. The molecule has 1 aliphatic rings. The van der Waals surface area contributed by atoms with E-state index in [-0.39, 0.29) is 29.8 Å². The van der Waals surface area contributed by atoms with Crippen LogP contribution in [0.1, 0.15) is 19.4 Å². The molecular formula is C27H28F2N6O3. The summed E-state index contributed by atoms with van der Waals surface area (Å²) in [6, 6.07) is 12.1. The Hall–Kier alpha value is -4.28. The summed E-state index contributed by atoms with van der Waals surface area (Å²) in [6.45, 7) is 2.74. The highest BCUT2D eigenvalue weighted by Gasteiger charge is 2.26. The maximum atomic E-state index is 12.9. The molecule has 1 amide bonds. The summed E-state index contributed by atoms with van der Waals surface area (Å²) in [5.41, 5.74) is 2.58. The van der Waals surface area contributed by atoms with E-state index < -0.39 is 6.61 Å². The molecule has 0 radical (unpaired) electrons. The molecule has 3 heterocycles. The van der Waals surface area contributed by atoms with Gasteiger partial charge in [0.1, 0.15) is 5.75 Å². The summed E-state index contributed by atoms with van der Waals surface area (Å²) in [5.74, 6) is 0.723. The Morgan fingerprint density at radius 1 is 1.11 bits per heavy atom. The van der Waals surface area contributed by atoms with E-state index in [9.17, 15) is 18.4 Å². The van der Waals surface area contributed by atoms with Gasteiger partial charge >= 0.3 is 6.61 Å². The summed E-state index contributed by atoms with van der Waals surface area (Å²) in [4.78, 5) is 37.7. The minimum atomic E-state index is -2.95. The van der Waals surface area contributed by atoms with E-state index in [1.54, 1.807) is 55.3 Å². The van der Waals surface area contributed by atoms with Crippen molar-refractivity contribution in [1.29, 1.82) is 0 Å². The number of carbonyl (C=O) groups excluding carboxylic acids is 1. The number of anilines is 1. The van der Waals surface area contributed by atoms with E-state index in [0.717, 1.165) is 11.1 Å². The Bertz CT molecular complexity index is 1530. The van der Waals surface area contributed by atoms with Crippen LogP contribution in [0.4, 0.5) is 14.7 Å². The van der Waals surface area contributed by atoms with Crippen LogP contribution in [0.25, 0.3) is 22.0 Å². The first-order valence-corrected chi connectivity index (χ1v) is 12.3. The predicted octanol–water partition coefficient (Wildman–Crippen LogP) is 3.50. The number of alkyl halides is 2. The molecule has 2 aromatic heterocycles. The zero-order valence-electron chi connectivity index (χ0n) is 21.3. The van der Waals surface area contributed by atoms with Crippen LogP contribution in [0, 0.1) is 0 Å². The highest BCUT2D eigenvalue weighted by atomic mass is 19.3. The van der Waals surface area contributed by atoms with Crippen LogP contribution >= 0.6 is 0 Å². The first-order valence-electron chi connectivity index (χ1n) is 12.3. The minimum absolute atomic E-state index is 0.0632. The zero-order chi connectivity index (χ0) is 27.0. The molecule has 1 aliphatic heterocycles. The van der Waals surface area contributed by atoms with Crippen molar-refractivity contribution < 1.29 is 18.3 Å². The molecular weight excluding hydrogens is 494 g/mol. The van der Waals surface area contributed by atoms with E-state index >= 15 is 0 Å². The zero-order valence-corrected chi connectivity index (χ0v) is 21.3. The SMILES string of the molecule is CC(=O)N1CCN(c2ncc(-c3ccc4c(=O)n(C)n(Cc5ccccc5OC(F)F)c4c3)cn2)C[C@H]1C. The number of hydrogen-bond acceptors (Lipinski definition) is 6. The summed E-state index contributed by atoms with van der Waals surface area (Å²) >= 11 is 0. The van der Waals surface area contributed by atoms with E-state index in [1.165, 1.54) is 10.7 Å². The number of amides is 1. The number of halogens is 2. The summed E-state index contributed by atoms with van der Waals surface area (Å²) < 4.78 is 33.7. The van der Waals surface area contributed by atoms with Crippen LogP contribution in [-0.4, -0.2) is 62.4 Å². The van der Waals surface area contributed by atoms with Gasteiger partial charge in [-0.2, -0.15) is 8.78 Å². The van der Waals surface area contributed by atoms with Crippen molar-refractivity contribution in [1.82, 2.24) is 24.2 Å². The Kier molecular flexibility index (Phi) is 6.83. The number of benzene rings is 2. The van der Waals surface area contributed by atoms with Gasteiger partial charge in [0.15, 0.2) is 0 Å². The number of para-hydroxylation sites is 1. The molecule has 0 unspecified atom stereocenters. The second-order valence-electron chi connectivity index (χ2n) is 9.38. The first kappa shape index (κ1) is 25.4. The third-order valence-corrected chi connectivity index (χ3v) is 6.96. The van der Waals surface area contributed by atoms with E-state index in [0.29, 0.717) is 42.0 Å². The van der Waals surface area contributed by atoms with Gasteiger partial charge < -0.3 is 14.5 Å². The van der Waals surface area contributed by atoms with Crippen LogP contribution in [0.2, 0.25) is 0 Å². The van der Waals surface area contributed by atoms with Crippen LogP contribution in [0.3, 0.4) is 0 Å². The molecule has 9 nitrogen and oxygen atoms in total. The van der Waals surface area contributed by atoms with Gasteiger partial charge in [-0.05, 0) is 30.7 Å². The van der Waals surface area contributed by atoms with Crippen molar-refractivity contribution in [3.05, 3.63) is 70.8 Å². The largest absolute Gasteiger partial charge is 0.434 e. The predicted molar refractivity (Wildman–Crippen MR) is 139 cm³/mol. The van der Waals surface area contributed by atoms with Crippen LogP contribution < -0.4 is 15.2 Å². The molecule has 2 aromatic carbocycles. The maximum Gasteiger partial charge on any atom is 0.387 e. The van der Waals surface area contributed by atoms with Crippen molar-refractivity contribution in [2.45, 2.75) is 33.0 Å². The fourth-order valence-electron chi connectivity index (χ4n) is 4.99. The average molecular weight is 523 g/mol. The quantitative estimate of drug-likeness (QED) is 0.385. The van der Waals surface area contributed by atoms with Gasteiger partial charge in [-0.3, -0.25) is 19.0 Å². The fraction of sp³-hybridized carbons (Fsp3) is 0.333. The average Bonchev–Trinajstić information content (AvgIpc) is 3.13. The second kappa shape index (κ2) is 10.2. The molecule has 0 bridgehead atoms. The first-order chi connectivity index (χ1) is 18.2. The summed E-state index contributed by atoms with van der Waals surface area (Å²) in [6.07, 6.45) is 3.48. The lowest BCUT2D eigenvalue weighted by atomic mass is 10.1. The number of carbonyl (C=O) groups is 1. The summed E-state index contributed by atoms with van der Waals surface area (Å²) in [5, 5.41) is 0.512. The highest BCUT2D eigenvalue weighted by molar-refractivity contribution is 5.84. The molecule has 1 atom stereocenters. The Morgan fingerprint density at radius 2 is 1.84 bits per heavy atom. The molecule has 0 aliphatic carbocycles. The molecule has 0 N–H and O–H groups in total. The van der Waals surface area contributed by atoms with Crippen molar-refractivity contribution in [3.8, 4) is 16.9 Å². The minimum Gasteiger partial charge on any atom is -0.434 e. The molecule has 4 aromatic rings. The number of hydrogen-bond donors (Lipinski definition) is 0. The lowest BCUT2D eigenvalue weighted by Gasteiger charge is -2.39. The molecule has 1 saturated heterocycles. The van der Waals surface area contributed by atoms with Crippen molar-refractivity contribution in [3.63, 3.8) is 0 Å². The van der Waals surface area contributed by atoms with Gasteiger partial charge in [0.2, 0.25) is 11.9 Å². The molecule has 0 saturated carbocycles. The van der Waals surface area contributed by atoms with E-state index in [2.05, 4.69) is 19.6 Å². The summed E-state index contributed by atoms with van der Waals surface area (Å²) in [7, 11) is 1.64. The topological polar surface area (TPSA) is 85.5 Å². The number of nitrogens with zero attached hydrogens (tertiary/aromatic N) is 6. The molecule has 11 heteroatoms. The normalized spacial score (nSPS) is 15.9. The van der Waals surface area contributed by atoms with Crippen molar-refractivity contribution in [2.75, 3.05) is 24.5 Å². The maximum absolute atomic E-state index is 12.9. The van der Waals surface area contributed by atoms with Crippen LogP contribution in [0.15, 0.2) is 59.7 Å². The second-order valence-corrected chi connectivity index (χ2v) is 9.38. The molecule has 1 fully saturated rings. The Labute approximate surface area is 217 Å². The van der Waals surface area contributed by atoms with Gasteiger partial charge in [-0.15, -0.1) is 0 Å². The van der Waals surface area contributed by atoms with Gasteiger partial charge in [-0.1, -0.05) is 24.3 Å². The van der Waals surface area contributed by atoms with Gasteiger partial charge in [-0.25, -0.2) is 9.97 Å². The van der Waals surface area contributed by atoms with E-state index in [4.69, 9.17) is 0 Å². The highest BCUT2D eigenvalue weighted by Crippen LogP contribution is 2.27. The smallest absolute Gasteiger partial charge is 0.387 e. The van der Waals surface area contributed by atoms with Gasteiger partial charge in [0, 0.05) is 63.2 Å². The van der Waals surface area contributed by atoms with Gasteiger partial charge in [0.05, 0.1) is 17.4 Å². The number of rotatable bonds is 6. The van der Waals surface area contributed by atoms with Crippen LogP contribution in [0.5, 0.6) is 5.75 Å². The number of ether oxygens (including phenoxy) is 1. The standard InChI is InChI=1S/C27H28F2N6O3/c1-17-15-33(10-11-34(17)18(2)36)27-30-13-21(14-31-27)19-8-9-22-23(12-19)35(32(3)25(22)37)16-20-6-4-5-7-24(20)38-26(28)29/h4-9,12-14,17,26H,10-11,15-16H2,1-3H3/t17-/m1/s1. The lowest BCUT2D eigenvalue weighted by molar-refractivity contribution is -0.131. The molecule has 38 heavy (non-hydrogen) atoms. The molecule has 5 rings (SSSR count). The number of aromatic nitrogens is 4. The van der Waals surface area contributed by atoms with Crippen molar-refractivity contribution >= 4 is 22.8 Å². The van der Waals surface area contributed by atoms with Crippen LogP contribution in [-0.2, 0) is 18.4 Å². The molecule has 198 valence electrons. The third-order valence-electron chi connectivity index (χ3n) is 6.96. The monoisotopic (exact) mass is 522 g/mol. The van der Waals surface area contributed by atoms with Gasteiger partial charge in [0.25, 0.3) is 5.56 Å². The van der Waals surface area contributed by atoms with Crippen molar-refractivity contribution in [2.24, 2.45) is 7.05 Å². The fourth-order valence-corrected chi connectivity index (χ4v) is 4.99. The third kappa shape index (κ3) is 4.83. The lowest BCUT2D eigenvalue weighted by Crippen LogP contribution is -2.53. The van der Waals surface area contributed by atoms with E-state index in [1.807, 2.05) is 24.0 Å².